The Hall–Kier alpha value is -1.10. The molecule has 2 rings (SSSR count). The summed E-state index contributed by atoms with van der Waals surface area (Å²) in [5.41, 5.74) is 0. The van der Waals surface area contributed by atoms with E-state index in [2.05, 4.69) is 5.32 Å². The SMILES string of the molecule is O=C(O)CN(CC(=O)NC1CCCC1)C1CCCC1. The molecule has 0 radical (unpaired) electrons. The van der Waals surface area contributed by atoms with E-state index < -0.39 is 5.97 Å². The number of nitrogens with zero attached hydrogens (tertiary/aromatic N) is 1. The predicted octanol–water partition coefficient (Wildman–Crippen LogP) is 1.37. The lowest BCUT2D eigenvalue weighted by Gasteiger charge is -2.27. The number of carboxylic acid groups (broad SMARTS) is 1. The average molecular weight is 268 g/mol. The Labute approximate surface area is 114 Å². The van der Waals surface area contributed by atoms with Crippen LogP contribution in [-0.4, -0.2) is 47.1 Å². The molecule has 0 bridgehead atoms. The molecule has 2 fully saturated rings. The van der Waals surface area contributed by atoms with E-state index in [0.29, 0.717) is 6.04 Å². The Morgan fingerprint density at radius 1 is 1.00 bits per heavy atom. The van der Waals surface area contributed by atoms with Gasteiger partial charge in [0.1, 0.15) is 0 Å². The molecule has 5 heteroatoms. The molecule has 5 nitrogen and oxygen atoms in total. The average Bonchev–Trinajstić information content (AvgIpc) is 2.99. The number of carbonyl (C=O) groups is 2. The van der Waals surface area contributed by atoms with Crippen LogP contribution in [0.5, 0.6) is 0 Å². The van der Waals surface area contributed by atoms with Gasteiger partial charge in [-0.15, -0.1) is 0 Å². The van der Waals surface area contributed by atoms with Crippen LogP contribution in [0.1, 0.15) is 51.4 Å². The first kappa shape index (κ1) is 14.3. The van der Waals surface area contributed by atoms with Gasteiger partial charge in [0.05, 0.1) is 13.1 Å². The highest BCUT2D eigenvalue weighted by Crippen LogP contribution is 2.23. The van der Waals surface area contributed by atoms with Crippen LogP contribution in [0, 0.1) is 0 Å². The van der Waals surface area contributed by atoms with Crippen molar-refractivity contribution in [1.82, 2.24) is 10.2 Å². The molecule has 0 saturated heterocycles. The summed E-state index contributed by atoms with van der Waals surface area (Å²) in [4.78, 5) is 24.8. The van der Waals surface area contributed by atoms with Gasteiger partial charge in [-0.25, -0.2) is 0 Å². The Morgan fingerprint density at radius 3 is 2.16 bits per heavy atom. The van der Waals surface area contributed by atoms with Gasteiger partial charge in [0.25, 0.3) is 0 Å². The zero-order chi connectivity index (χ0) is 13.7. The number of hydrogen-bond acceptors (Lipinski definition) is 3. The van der Waals surface area contributed by atoms with Crippen molar-refractivity contribution in [2.45, 2.75) is 63.5 Å². The van der Waals surface area contributed by atoms with Crippen LogP contribution >= 0.6 is 0 Å². The van der Waals surface area contributed by atoms with Gasteiger partial charge in [-0.05, 0) is 25.7 Å². The van der Waals surface area contributed by atoms with Gasteiger partial charge in [0, 0.05) is 12.1 Å². The summed E-state index contributed by atoms with van der Waals surface area (Å²) in [7, 11) is 0. The molecule has 0 aliphatic heterocycles. The predicted molar refractivity (Wildman–Crippen MR) is 71.9 cm³/mol. The Kier molecular flexibility index (Phi) is 5.19. The maximum atomic E-state index is 12.0. The summed E-state index contributed by atoms with van der Waals surface area (Å²) < 4.78 is 0. The van der Waals surface area contributed by atoms with Crippen molar-refractivity contribution >= 4 is 11.9 Å². The second-order valence-corrected chi connectivity index (χ2v) is 5.79. The molecule has 0 spiro atoms. The van der Waals surface area contributed by atoms with Crippen molar-refractivity contribution in [2.24, 2.45) is 0 Å². The highest BCUT2D eigenvalue weighted by atomic mass is 16.4. The van der Waals surface area contributed by atoms with Crippen LogP contribution in [0.25, 0.3) is 0 Å². The van der Waals surface area contributed by atoms with Gasteiger partial charge in [0.2, 0.25) is 5.91 Å². The molecule has 0 heterocycles. The first-order valence-corrected chi connectivity index (χ1v) is 7.40. The number of carbonyl (C=O) groups excluding carboxylic acids is 1. The first-order valence-electron chi connectivity index (χ1n) is 7.40. The van der Waals surface area contributed by atoms with Crippen molar-refractivity contribution in [1.29, 1.82) is 0 Å². The zero-order valence-electron chi connectivity index (χ0n) is 11.4. The lowest BCUT2D eigenvalue weighted by atomic mass is 10.2. The van der Waals surface area contributed by atoms with Crippen LogP contribution in [0.4, 0.5) is 0 Å². The van der Waals surface area contributed by atoms with E-state index in [9.17, 15) is 9.59 Å². The van der Waals surface area contributed by atoms with E-state index in [1.807, 2.05) is 4.90 Å². The standard InChI is InChI=1S/C14H24N2O3/c17-13(15-11-5-1-2-6-11)9-16(10-14(18)19)12-7-3-4-8-12/h11-12H,1-10H2,(H,15,17)(H,18,19). The monoisotopic (exact) mass is 268 g/mol. The minimum Gasteiger partial charge on any atom is -0.480 e. The number of nitrogens with one attached hydrogen (secondary N) is 1. The van der Waals surface area contributed by atoms with Crippen LogP contribution in [0.2, 0.25) is 0 Å². The molecule has 1 amide bonds. The third kappa shape index (κ3) is 4.49. The van der Waals surface area contributed by atoms with E-state index in [1.54, 1.807) is 0 Å². The van der Waals surface area contributed by atoms with Crippen molar-refractivity contribution < 1.29 is 14.7 Å². The largest absolute Gasteiger partial charge is 0.480 e. The molecule has 108 valence electrons. The van der Waals surface area contributed by atoms with Crippen LogP contribution in [0.3, 0.4) is 0 Å². The lowest BCUT2D eigenvalue weighted by molar-refractivity contribution is -0.139. The van der Waals surface area contributed by atoms with Crippen molar-refractivity contribution in [3.63, 3.8) is 0 Å². The molecule has 19 heavy (non-hydrogen) atoms. The summed E-state index contributed by atoms with van der Waals surface area (Å²) >= 11 is 0. The fraction of sp³-hybridized carbons (Fsp3) is 0.857. The topological polar surface area (TPSA) is 69.6 Å². The fourth-order valence-corrected chi connectivity index (χ4v) is 3.29. The molecule has 0 aromatic carbocycles. The summed E-state index contributed by atoms with van der Waals surface area (Å²) in [5, 5.41) is 12.0. The highest BCUT2D eigenvalue weighted by molar-refractivity contribution is 5.79. The normalized spacial score (nSPS) is 21.1. The number of aliphatic carboxylic acids is 1. The summed E-state index contributed by atoms with van der Waals surface area (Å²) in [6.07, 6.45) is 8.82. The van der Waals surface area contributed by atoms with E-state index in [-0.39, 0.29) is 25.0 Å². The summed E-state index contributed by atoms with van der Waals surface area (Å²) in [6, 6.07) is 0.577. The van der Waals surface area contributed by atoms with Crippen molar-refractivity contribution in [2.75, 3.05) is 13.1 Å². The summed E-state index contributed by atoms with van der Waals surface area (Å²) in [5.74, 6) is -0.861. The Morgan fingerprint density at radius 2 is 1.58 bits per heavy atom. The molecule has 2 N–H and O–H groups in total. The number of amides is 1. The van der Waals surface area contributed by atoms with Crippen LogP contribution < -0.4 is 5.32 Å². The van der Waals surface area contributed by atoms with Gasteiger partial charge in [-0.1, -0.05) is 25.7 Å². The van der Waals surface area contributed by atoms with Gasteiger partial charge >= 0.3 is 5.97 Å². The summed E-state index contributed by atoms with van der Waals surface area (Å²) in [6.45, 7) is 0.205. The van der Waals surface area contributed by atoms with E-state index in [1.165, 1.54) is 12.8 Å². The molecule has 0 aromatic rings. The third-order valence-corrected chi connectivity index (χ3v) is 4.25. The molecular weight excluding hydrogens is 244 g/mol. The minimum absolute atomic E-state index is 0.0138. The van der Waals surface area contributed by atoms with E-state index in [0.717, 1.165) is 38.5 Å². The zero-order valence-corrected chi connectivity index (χ0v) is 11.4. The fourth-order valence-electron chi connectivity index (χ4n) is 3.29. The molecule has 2 saturated carbocycles. The molecule has 0 atom stereocenters. The van der Waals surface area contributed by atoms with Gasteiger partial charge in [-0.3, -0.25) is 14.5 Å². The molecule has 2 aliphatic carbocycles. The second-order valence-electron chi connectivity index (χ2n) is 5.79. The Balaban J connectivity index is 1.83. The van der Waals surface area contributed by atoms with Crippen LogP contribution in [-0.2, 0) is 9.59 Å². The van der Waals surface area contributed by atoms with Gasteiger partial charge < -0.3 is 10.4 Å². The van der Waals surface area contributed by atoms with Gasteiger partial charge in [-0.2, -0.15) is 0 Å². The van der Waals surface area contributed by atoms with E-state index >= 15 is 0 Å². The number of rotatable bonds is 6. The lowest BCUT2D eigenvalue weighted by Crippen LogP contribution is -2.46. The number of carboxylic acids is 1. The maximum Gasteiger partial charge on any atom is 0.317 e. The minimum atomic E-state index is -0.847. The third-order valence-electron chi connectivity index (χ3n) is 4.25. The maximum absolute atomic E-state index is 12.0. The molecule has 2 aliphatic rings. The second kappa shape index (κ2) is 6.89. The number of hydrogen-bond donors (Lipinski definition) is 2. The van der Waals surface area contributed by atoms with Crippen molar-refractivity contribution in [3.05, 3.63) is 0 Å². The van der Waals surface area contributed by atoms with E-state index in [4.69, 9.17) is 5.11 Å². The molecule has 0 aromatic heterocycles. The smallest absolute Gasteiger partial charge is 0.317 e. The van der Waals surface area contributed by atoms with Crippen LogP contribution in [0.15, 0.2) is 0 Å². The van der Waals surface area contributed by atoms with Gasteiger partial charge in [0.15, 0.2) is 0 Å². The molecule has 0 unspecified atom stereocenters. The highest BCUT2D eigenvalue weighted by Gasteiger charge is 2.27. The Bertz CT molecular complexity index is 321. The van der Waals surface area contributed by atoms with Crippen molar-refractivity contribution in [3.8, 4) is 0 Å². The quantitative estimate of drug-likeness (QED) is 0.763. The molecular formula is C14H24N2O3. The first-order chi connectivity index (χ1) is 9.15.